The normalized spacial score (nSPS) is 10.2. The standard InChI is InChI=1S/C15H19ClN4O2S/c1-21-12-4-5-14(22-2)13(8-12)19-15(23)17-6-3-7-20-10-11(16)9-18-20/h4-5,8-10H,3,6-7H2,1-2H3,(H2,17,19,23). The van der Waals surface area contributed by atoms with E-state index in [0.717, 1.165) is 30.9 Å². The molecule has 23 heavy (non-hydrogen) atoms. The third-order valence-corrected chi connectivity index (χ3v) is 3.55. The van der Waals surface area contributed by atoms with E-state index in [4.69, 9.17) is 33.3 Å². The number of aryl methyl sites for hydroxylation is 1. The van der Waals surface area contributed by atoms with Crippen molar-refractivity contribution in [1.82, 2.24) is 15.1 Å². The Morgan fingerprint density at radius 2 is 2.17 bits per heavy atom. The van der Waals surface area contributed by atoms with Crippen molar-refractivity contribution in [3.63, 3.8) is 0 Å². The fourth-order valence-electron chi connectivity index (χ4n) is 1.98. The van der Waals surface area contributed by atoms with E-state index in [1.54, 1.807) is 31.3 Å². The topological polar surface area (TPSA) is 60.3 Å². The first kappa shape index (κ1) is 17.4. The first-order chi connectivity index (χ1) is 11.1. The van der Waals surface area contributed by atoms with Crippen molar-refractivity contribution in [2.24, 2.45) is 0 Å². The van der Waals surface area contributed by atoms with Crippen LogP contribution in [0.3, 0.4) is 0 Å². The molecule has 0 aliphatic heterocycles. The average molecular weight is 355 g/mol. The molecule has 0 atom stereocenters. The van der Waals surface area contributed by atoms with Crippen LogP contribution in [-0.4, -0.2) is 35.7 Å². The van der Waals surface area contributed by atoms with E-state index in [-0.39, 0.29) is 0 Å². The summed E-state index contributed by atoms with van der Waals surface area (Å²) >= 11 is 11.1. The van der Waals surface area contributed by atoms with E-state index < -0.39 is 0 Å². The number of thiocarbonyl (C=S) groups is 1. The molecule has 0 radical (unpaired) electrons. The maximum absolute atomic E-state index is 5.82. The monoisotopic (exact) mass is 354 g/mol. The average Bonchev–Trinajstić information content (AvgIpc) is 2.97. The van der Waals surface area contributed by atoms with Gasteiger partial charge in [0, 0.05) is 25.4 Å². The summed E-state index contributed by atoms with van der Waals surface area (Å²) in [5.74, 6) is 1.42. The van der Waals surface area contributed by atoms with E-state index in [2.05, 4.69) is 15.7 Å². The third-order valence-electron chi connectivity index (χ3n) is 3.11. The molecule has 0 amide bonds. The molecule has 2 N–H and O–H groups in total. The van der Waals surface area contributed by atoms with Gasteiger partial charge in [0.05, 0.1) is 31.1 Å². The van der Waals surface area contributed by atoms with Gasteiger partial charge in [0.15, 0.2) is 5.11 Å². The number of halogens is 1. The number of benzene rings is 1. The van der Waals surface area contributed by atoms with Gasteiger partial charge >= 0.3 is 0 Å². The molecule has 2 aromatic rings. The Morgan fingerprint density at radius 3 is 2.83 bits per heavy atom. The quantitative estimate of drug-likeness (QED) is 0.589. The molecule has 0 saturated carbocycles. The number of hydrogen-bond donors (Lipinski definition) is 2. The van der Waals surface area contributed by atoms with E-state index in [1.807, 2.05) is 18.2 Å². The largest absolute Gasteiger partial charge is 0.497 e. The van der Waals surface area contributed by atoms with E-state index in [9.17, 15) is 0 Å². The molecule has 0 aliphatic rings. The lowest BCUT2D eigenvalue weighted by atomic mass is 10.2. The molecule has 0 saturated heterocycles. The number of rotatable bonds is 7. The molecule has 0 aliphatic carbocycles. The predicted octanol–water partition coefficient (Wildman–Crippen LogP) is 2.93. The van der Waals surface area contributed by atoms with Crippen molar-refractivity contribution in [1.29, 1.82) is 0 Å². The molecule has 124 valence electrons. The zero-order valence-corrected chi connectivity index (χ0v) is 14.6. The maximum atomic E-state index is 5.82. The van der Waals surface area contributed by atoms with E-state index in [0.29, 0.717) is 15.9 Å². The summed E-state index contributed by atoms with van der Waals surface area (Å²) in [4.78, 5) is 0. The molecule has 0 fully saturated rings. The molecule has 6 nitrogen and oxygen atoms in total. The Hall–Kier alpha value is -1.99. The van der Waals surface area contributed by atoms with Gasteiger partial charge in [0.25, 0.3) is 0 Å². The van der Waals surface area contributed by atoms with Crippen molar-refractivity contribution in [2.45, 2.75) is 13.0 Å². The molecule has 0 bridgehead atoms. The Labute approximate surface area is 145 Å². The molecule has 0 unspecified atom stereocenters. The Morgan fingerprint density at radius 1 is 1.35 bits per heavy atom. The molecular formula is C15H19ClN4O2S. The number of hydrogen-bond acceptors (Lipinski definition) is 4. The van der Waals surface area contributed by atoms with Crippen LogP contribution >= 0.6 is 23.8 Å². The van der Waals surface area contributed by atoms with E-state index in [1.165, 1.54) is 0 Å². The Bertz CT molecular complexity index is 663. The predicted molar refractivity (Wildman–Crippen MR) is 95.6 cm³/mol. The van der Waals surface area contributed by atoms with Gasteiger partial charge in [-0.2, -0.15) is 5.10 Å². The fourth-order valence-corrected chi connectivity index (χ4v) is 2.35. The van der Waals surface area contributed by atoms with Crippen molar-refractivity contribution in [2.75, 3.05) is 26.1 Å². The highest BCUT2D eigenvalue weighted by Gasteiger charge is 2.06. The third kappa shape index (κ3) is 5.30. The lowest BCUT2D eigenvalue weighted by molar-refractivity contribution is 0.405. The van der Waals surface area contributed by atoms with Gasteiger partial charge in [-0.1, -0.05) is 11.6 Å². The fraction of sp³-hybridized carbons (Fsp3) is 0.333. The summed E-state index contributed by atoms with van der Waals surface area (Å²) in [7, 11) is 3.22. The van der Waals surface area contributed by atoms with Gasteiger partial charge in [0.2, 0.25) is 0 Å². The number of nitrogens with one attached hydrogen (secondary N) is 2. The van der Waals surface area contributed by atoms with Gasteiger partial charge in [-0.3, -0.25) is 4.68 Å². The minimum absolute atomic E-state index is 0.523. The highest BCUT2D eigenvalue weighted by Crippen LogP contribution is 2.28. The van der Waals surface area contributed by atoms with Crippen LogP contribution in [0.15, 0.2) is 30.6 Å². The molecule has 1 heterocycles. The summed E-state index contributed by atoms with van der Waals surface area (Å²) in [5, 5.41) is 11.5. The summed E-state index contributed by atoms with van der Waals surface area (Å²) < 4.78 is 12.3. The minimum Gasteiger partial charge on any atom is -0.497 e. The number of methoxy groups -OCH3 is 2. The summed E-state index contributed by atoms with van der Waals surface area (Å²) in [6, 6.07) is 5.49. The zero-order chi connectivity index (χ0) is 16.7. The van der Waals surface area contributed by atoms with E-state index >= 15 is 0 Å². The van der Waals surface area contributed by atoms with Crippen LogP contribution in [0.5, 0.6) is 11.5 Å². The zero-order valence-electron chi connectivity index (χ0n) is 13.0. The van der Waals surface area contributed by atoms with Gasteiger partial charge in [-0.15, -0.1) is 0 Å². The Balaban J connectivity index is 1.80. The highest BCUT2D eigenvalue weighted by molar-refractivity contribution is 7.80. The van der Waals surface area contributed by atoms with Crippen molar-refractivity contribution in [3.8, 4) is 11.5 Å². The number of aromatic nitrogens is 2. The SMILES string of the molecule is COc1ccc(OC)c(NC(=S)NCCCn2cc(Cl)cn2)c1. The molecule has 8 heteroatoms. The molecule has 0 spiro atoms. The number of ether oxygens (including phenoxy) is 2. The van der Waals surface area contributed by atoms with Crippen molar-refractivity contribution >= 4 is 34.6 Å². The second kappa shape index (κ2) is 8.59. The van der Waals surface area contributed by atoms with Crippen molar-refractivity contribution in [3.05, 3.63) is 35.6 Å². The maximum Gasteiger partial charge on any atom is 0.170 e. The lowest BCUT2D eigenvalue weighted by Gasteiger charge is -2.14. The first-order valence-corrected chi connectivity index (χ1v) is 7.86. The summed E-state index contributed by atoms with van der Waals surface area (Å²) in [6.45, 7) is 1.49. The van der Waals surface area contributed by atoms with Crippen LogP contribution in [0.25, 0.3) is 0 Å². The molecular weight excluding hydrogens is 336 g/mol. The van der Waals surface area contributed by atoms with Crippen LogP contribution < -0.4 is 20.1 Å². The second-order valence-corrected chi connectivity index (χ2v) is 5.57. The minimum atomic E-state index is 0.523. The number of nitrogens with zero attached hydrogens (tertiary/aromatic N) is 2. The van der Waals surface area contributed by atoms with Gasteiger partial charge in [-0.05, 0) is 30.8 Å². The van der Waals surface area contributed by atoms with Crippen molar-refractivity contribution < 1.29 is 9.47 Å². The number of anilines is 1. The lowest BCUT2D eigenvalue weighted by Crippen LogP contribution is -2.30. The molecule has 2 rings (SSSR count). The Kier molecular flexibility index (Phi) is 6.49. The van der Waals surface area contributed by atoms with Crippen LogP contribution in [0.2, 0.25) is 5.02 Å². The van der Waals surface area contributed by atoms with Crippen LogP contribution in [0, 0.1) is 0 Å². The second-order valence-electron chi connectivity index (χ2n) is 4.72. The first-order valence-electron chi connectivity index (χ1n) is 7.07. The molecule has 1 aromatic carbocycles. The highest BCUT2D eigenvalue weighted by atomic mass is 35.5. The summed E-state index contributed by atoms with van der Waals surface area (Å²) in [6.07, 6.45) is 4.28. The smallest absolute Gasteiger partial charge is 0.170 e. The van der Waals surface area contributed by atoms with Crippen LogP contribution in [-0.2, 0) is 6.54 Å². The van der Waals surface area contributed by atoms with Crippen LogP contribution in [0.1, 0.15) is 6.42 Å². The van der Waals surface area contributed by atoms with Gasteiger partial charge in [0.1, 0.15) is 11.5 Å². The summed E-state index contributed by atoms with van der Waals surface area (Å²) in [5.41, 5.74) is 0.753. The van der Waals surface area contributed by atoms with Crippen LogP contribution in [0.4, 0.5) is 5.69 Å². The van der Waals surface area contributed by atoms with Gasteiger partial charge in [-0.25, -0.2) is 0 Å². The van der Waals surface area contributed by atoms with Gasteiger partial charge < -0.3 is 20.1 Å². The molecule has 1 aromatic heterocycles.